The Morgan fingerprint density at radius 3 is 2.52 bits per heavy atom. The summed E-state index contributed by atoms with van der Waals surface area (Å²) in [6.07, 6.45) is 3.64. The van der Waals surface area contributed by atoms with Crippen molar-refractivity contribution < 1.29 is 14.3 Å². The highest BCUT2D eigenvalue weighted by Gasteiger charge is 2.28. The molecule has 2 amide bonds. The van der Waals surface area contributed by atoms with Gasteiger partial charge < -0.3 is 15.4 Å². The van der Waals surface area contributed by atoms with Crippen molar-refractivity contribution in [1.29, 1.82) is 0 Å². The Hall–Kier alpha value is -2.83. The number of para-hydroxylation sites is 1. The van der Waals surface area contributed by atoms with Crippen LogP contribution < -0.4 is 10.5 Å². The van der Waals surface area contributed by atoms with Gasteiger partial charge in [0.1, 0.15) is 0 Å². The van der Waals surface area contributed by atoms with Gasteiger partial charge in [0.25, 0.3) is 5.91 Å². The van der Waals surface area contributed by atoms with Crippen LogP contribution in [0.3, 0.4) is 0 Å². The number of ether oxygens (including phenoxy) is 1. The monoisotopic (exact) mass is 342 g/mol. The summed E-state index contributed by atoms with van der Waals surface area (Å²) in [6.45, 7) is 1.19. The lowest BCUT2D eigenvalue weighted by molar-refractivity contribution is -0.119. The average Bonchev–Trinajstić information content (AvgIpc) is 3.06. The molecule has 7 heteroatoms. The van der Waals surface area contributed by atoms with E-state index in [0.717, 1.165) is 18.5 Å². The third-order valence-electron chi connectivity index (χ3n) is 4.52. The van der Waals surface area contributed by atoms with Crippen LogP contribution in [-0.4, -0.2) is 46.7 Å². The first-order valence-electron chi connectivity index (χ1n) is 8.35. The van der Waals surface area contributed by atoms with E-state index in [9.17, 15) is 9.59 Å². The van der Waals surface area contributed by atoms with Gasteiger partial charge in [-0.2, -0.15) is 5.10 Å². The molecule has 0 bridgehead atoms. The Morgan fingerprint density at radius 1 is 1.24 bits per heavy atom. The molecule has 1 aromatic carbocycles. The molecule has 2 heterocycles. The summed E-state index contributed by atoms with van der Waals surface area (Å²) < 4.78 is 6.99. The summed E-state index contributed by atoms with van der Waals surface area (Å²) in [4.78, 5) is 25.6. The molecule has 0 aliphatic carbocycles. The molecular formula is C18H22N4O3. The number of hydrogen-bond donors (Lipinski definition) is 1. The molecule has 0 saturated carbocycles. The lowest BCUT2D eigenvalue weighted by Gasteiger charge is -2.31. The van der Waals surface area contributed by atoms with Crippen molar-refractivity contribution in [3.8, 4) is 11.4 Å². The van der Waals surface area contributed by atoms with Gasteiger partial charge in [0, 0.05) is 19.5 Å². The van der Waals surface area contributed by atoms with Gasteiger partial charge in [0.2, 0.25) is 5.91 Å². The highest BCUT2D eigenvalue weighted by atomic mass is 16.5. The van der Waals surface area contributed by atoms with Gasteiger partial charge in [0.15, 0.2) is 11.4 Å². The van der Waals surface area contributed by atoms with Crippen LogP contribution in [0.1, 0.15) is 29.8 Å². The first kappa shape index (κ1) is 17.0. The predicted octanol–water partition coefficient (Wildman–Crippen LogP) is 1.61. The molecule has 1 fully saturated rings. The Kier molecular flexibility index (Phi) is 5.02. The van der Waals surface area contributed by atoms with Crippen molar-refractivity contribution in [3.63, 3.8) is 0 Å². The molecule has 0 atom stereocenters. The van der Waals surface area contributed by atoms with Crippen molar-refractivity contribution in [2.75, 3.05) is 20.2 Å². The fourth-order valence-electron chi connectivity index (χ4n) is 3.14. The zero-order chi connectivity index (χ0) is 17.8. The standard InChI is InChI=1S/C18H22N4O3/c1-25-15-12-22(14-5-3-2-4-6-14)20-17(15)18(24)21-9-7-13(8-10-21)11-16(19)23/h2-6,12-13H,7-11H2,1H3,(H2,19,23). The van der Waals surface area contributed by atoms with E-state index < -0.39 is 0 Å². The second kappa shape index (κ2) is 7.38. The summed E-state index contributed by atoms with van der Waals surface area (Å²) in [5, 5.41) is 4.42. The van der Waals surface area contributed by atoms with E-state index >= 15 is 0 Å². The highest BCUT2D eigenvalue weighted by molar-refractivity contribution is 5.95. The maximum absolute atomic E-state index is 12.8. The normalized spacial score (nSPS) is 15.2. The van der Waals surface area contributed by atoms with Crippen LogP contribution in [0.15, 0.2) is 36.5 Å². The third kappa shape index (κ3) is 3.81. The lowest BCUT2D eigenvalue weighted by Crippen LogP contribution is -2.39. The average molecular weight is 342 g/mol. The second-order valence-electron chi connectivity index (χ2n) is 6.23. The molecule has 7 nitrogen and oxygen atoms in total. The molecule has 1 aliphatic rings. The zero-order valence-electron chi connectivity index (χ0n) is 14.2. The van der Waals surface area contributed by atoms with Crippen LogP contribution in [0, 0.1) is 5.92 Å². The van der Waals surface area contributed by atoms with Crippen LogP contribution >= 0.6 is 0 Å². The molecule has 2 aromatic rings. The van der Waals surface area contributed by atoms with E-state index in [1.807, 2.05) is 30.3 Å². The lowest BCUT2D eigenvalue weighted by atomic mass is 9.93. The van der Waals surface area contributed by atoms with Gasteiger partial charge >= 0.3 is 0 Å². The van der Waals surface area contributed by atoms with E-state index in [1.54, 1.807) is 15.8 Å². The van der Waals surface area contributed by atoms with Crippen molar-refractivity contribution in [3.05, 3.63) is 42.2 Å². The van der Waals surface area contributed by atoms with E-state index in [0.29, 0.717) is 31.0 Å². The molecule has 0 spiro atoms. The van der Waals surface area contributed by atoms with Crippen LogP contribution in [0.2, 0.25) is 0 Å². The maximum Gasteiger partial charge on any atom is 0.278 e. The molecule has 0 unspecified atom stereocenters. The number of methoxy groups -OCH3 is 1. The number of benzene rings is 1. The molecule has 0 radical (unpaired) electrons. The molecule has 132 valence electrons. The summed E-state index contributed by atoms with van der Waals surface area (Å²) in [5.41, 5.74) is 6.42. The zero-order valence-corrected chi connectivity index (χ0v) is 14.2. The van der Waals surface area contributed by atoms with Crippen LogP contribution in [0.25, 0.3) is 5.69 Å². The summed E-state index contributed by atoms with van der Waals surface area (Å²) in [6, 6.07) is 9.57. The SMILES string of the molecule is COc1cn(-c2ccccc2)nc1C(=O)N1CCC(CC(N)=O)CC1. The number of nitrogens with two attached hydrogens (primary N) is 1. The number of amides is 2. The number of hydrogen-bond acceptors (Lipinski definition) is 4. The fourth-order valence-corrected chi connectivity index (χ4v) is 3.14. The molecule has 3 rings (SSSR count). The Balaban J connectivity index is 1.74. The number of piperidine rings is 1. The molecular weight excluding hydrogens is 320 g/mol. The number of likely N-dealkylation sites (tertiary alicyclic amines) is 1. The Labute approximate surface area is 146 Å². The van der Waals surface area contributed by atoms with Gasteiger partial charge in [-0.05, 0) is 30.9 Å². The third-order valence-corrected chi connectivity index (χ3v) is 4.52. The second-order valence-corrected chi connectivity index (χ2v) is 6.23. The molecule has 1 saturated heterocycles. The number of carbonyl (C=O) groups is 2. The molecule has 25 heavy (non-hydrogen) atoms. The van der Waals surface area contributed by atoms with Gasteiger partial charge in [-0.1, -0.05) is 18.2 Å². The first-order chi connectivity index (χ1) is 12.1. The number of carbonyl (C=O) groups excluding carboxylic acids is 2. The van der Waals surface area contributed by atoms with Crippen LogP contribution in [0.4, 0.5) is 0 Å². The quantitative estimate of drug-likeness (QED) is 0.894. The fraction of sp³-hybridized carbons (Fsp3) is 0.389. The van der Waals surface area contributed by atoms with Crippen molar-refractivity contribution in [2.45, 2.75) is 19.3 Å². The van der Waals surface area contributed by atoms with E-state index in [1.165, 1.54) is 7.11 Å². The Morgan fingerprint density at radius 2 is 1.92 bits per heavy atom. The van der Waals surface area contributed by atoms with Gasteiger partial charge in [-0.3, -0.25) is 9.59 Å². The summed E-state index contributed by atoms with van der Waals surface area (Å²) >= 11 is 0. The molecule has 2 N–H and O–H groups in total. The summed E-state index contributed by atoms with van der Waals surface area (Å²) in [5.74, 6) is 0.274. The Bertz CT molecular complexity index is 749. The van der Waals surface area contributed by atoms with Crippen molar-refractivity contribution >= 4 is 11.8 Å². The first-order valence-corrected chi connectivity index (χ1v) is 8.35. The summed E-state index contributed by atoms with van der Waals surface area (Å²) in [7, 11) is 1.53. The number of primary amides is 1. The number of aromatic nitrogens is 2. The van der Waals surface area contributed by atoms with Gasteiger partial charge in [0.05, 0.1) is 19.0 Å². The minimum atomic E-state index is -0.284. The van der Waals surface area contributed by atoms with Crippen molar-refractivity contribution in [1.82, 2.24) is 14.7 Å². The van der Waals surface area contributed by atoms with Crippen molar-refractivity contribution in [2.24, 2.45) is 11.7 Å². The topological polar surface area (TPSA) is 90.5 Å². The van der Waals surface area contributed by atoms with Gasteiger partial charge in [-0.25, -0.2) is 4.68 Å². The maximum atomic E-state index is 12.8. The van der Waals surface area contributed by atoms with E-state index in [4.69, 9.17) is 10.5 Å². The van der Waals surface area contributed by atoms with E-state index in [2.05, 4.69) is 5.10 Å². The largest absolute Gasteiger partial charge is 0.493 e. The highest BCUT2D eigenvalue weighted by Crippen LogP contribution is 2.25. The molecule has 1 aliphatic heterocycles. The van der Waals surface area contributed by atoms with Crippen LogP contribution in [-0.2, 0) is 4.79 Å². The smallest absolute Gasteiger partial charge is 0.278 e. The minimum absolute atomic E-state index is 0.149. The number of rotatable bonds is 5. The van der Waals surface area contributed by atoms with Crippen LogP contribution in [0.5, 0.6) is 5.75 Å². The number of nitrogens with zero attached hydrogens (tertiary/aromatic N) is 3. The predicted molar refractivity (Wildman–Crippen MR) is 92.6 cm³/mol. The van der Waals surface area contributed by atoms with Gasteiger partial charge in [-0.15, -0.1) is 0 Å². The molecule has 1 aromatic heterocycles. The van der Waals surface area contributed by atoms with E-state index in [-0.39, 0.29) is 17.7 Å². The minimum Gasteiger partial charge on any atom is -0.493 e.